The van der Waals surface area contributed by atoms with Crippen molar-refractivity contribution in [3.63, 3.8) is 0 Å². The second-order valence-electron chi connectivity index (χ2n) is 13.6. The summed E-state index contributed by atoms with van der Waals surface area (Å²) in [4.78, 5) is 61.9. The molecule has 51 heavy (non-hydrogen) atoms. The first-order valence-electron chi connectivity index (χ1n) is 16.7. The quantitative estimate of drug-likeness (QED) is 0.163. The predicted molar refractivity (Wildman–Crippen MR) is 175 cm³/mol. The van der Waals surface area contributed by atoms with E-state index in [2.05, 4.69) is 19.6 Å². The molecule has 0 radical (unpaired) electrons. The maximum Gasteiger partial charge on any atom is 0.303 e. The zero-order valence-electron chi connectivity index (χ0n) is 30.1. The fourth-order valence-corrected chi connectivity index (χ4v) is 6.60. The van der Waals surface area contributed by atoms with Crippen molar-refractivity contribution in [2.24, 2.45) is 0 Å². The van der Waals surface area contributed by atoms with Gasteiger partial charge in [0.05, 0.1) is 6.61 Å². The summed E-state index contributed by atoms with van der Waals surface area (Å²) in [5.74, 6) is -3.61. The number of carbonyl (C=O) groups is 5. The van der Waals surface area contributed by atoms with E-state index in [1.165, 1.54) is 20.8 Å². The Morgan fingerprint density at radius 3 is 1.82 bits per heavy atom. The third-order valence-electron chi connectivity index (χ3n) is 8.03. The second-order valence-corrected chi connectivity index (χ2v) is 19.3. The molecule has 3 aliphatic heterocycles. The van der Waals surface area contributed by atoms with Crippen LogP contribution in [0.5, 0.6) is 0 Å². The maximum absolute atomic E-state index is 12.6. The lowest BCUT2D eigenvalue weighted by atomic mass is 9.95. The third-order valence-corrected chi connectivity index (χ3v) is 9.74. The first-order valence-corrected chi connectivity index (χ1v) is 20.5. The predicted octanol–water partition coefficient (Wildman–Crippen LogP) is 2.58. The van der Waals surface area contributed by atoms with Crippen LogP contribution >= 0.6 is 0 Å². The highest BCUT2D eigenvalue weighted by atomic mass is 28.3. The van der Waals surface area contributed by atoms with Crippen molar-refractivity contribution < 1.29 is 76.1 Å². The van der Waals surface area contributed by atoms with Crippen molar-refractivity contribution in [3.8, 4) is 0 Å². The molecule has 17 heteroatoms. The van der Waals surface area contributed by atoms with E-state index in [0.29, 0.717) is 5.56 Å². The van der Waals surface area contributed by atoms with Gasteiger partial charge >= 0.3 is 29.8 Å². The van der Waals surface area contributed by atoms with Crippen LogP contribution in [-0.4, -0.2) is 119 Å². The highest BCUT2D eigenvalue weighted by Crippen LogP contribution is 2.39. The highest BCUT2D eigenvalue weighted by Gasteiger charge is 2.58. The van der Waals surface area contributed by atoms with E-state index in [4.69, 9.17) is 52.1 Å². The number of benzene rings is 1. The van der Waals surface area contributed by atoms with E-state index in [0.717, 1.165) is 19.9 Å². The molecule has 4 rings (SSSR count). The number of carbonyl (C=O) groups excluding carboxylic acids is 5. The summed E-state index contributed by atoms with van der Waals surface area (Å²) in [6.07, 6.45) is -13.6. The highest BCUT2D eigenvalue weighted by molar-refractivity contribution is 6.76. The Balaban J connectivity index is 1.72. The van der Waals surface area contributed by atoms with Crippen molar-refractivity contribution in [3.05, 3.63) is 35.9 Å². The number of esters is 5. The third kappa shape index (κ3) is 11.5. The van der Waals surface area contributed by atoms with Gasteiger partial charge in [-0.1, -0.05) is 50.0 Å². The molecule has 0 aliphatic carbocycles. The molecule has 0 N–H and O–H groups in total. The van der Waals surface area contributed by atoms with Gasteiger partial charge in [0.25, 0.3) is 0 Å². The molecule has 3 fully saturated rings. The van der Waals surface area contributed by atoms with E-state index < -0.39 is 112 Å². The van der Waals surface area contributed by atoms with Crippen LogP contribution in [0.1, 0.15) is 46.5 Å². The van der Waals surface area contributed by atoms with Crippen LogP contribution in [0.3, 0.4) is 0 Å². The molecular weight excluding hydrogens is 692 g/mol. The van der Waals surface area contributed by atoms with Crippen LogP contribution in [0.4, 0.5) is 0 Å². The number of hydrogen-bond donors (Lipinski definition) is 0. The van der Waals surface area contributed by atoms with Crippen LogP contribution in [0.25, 0.3) is 0 Å². The molecule has 0 aromatic heterocycles. The summed E-state index contributed by atoms with van der Waals surface area (Å²) in [6, 6.07) is 9.77. The lowest BCUT2D eigenvalue weighted by molar-refractivity contribution is -0.386. The molecule has 16 nitrogen and oxygen atoms in total. The van der Waals surface area contributed by atoms with Crippen LogP contribution < -0.4 is 0 Å². The van der Waals surface area contributed by atoms with Gasteiger partial charge in [-0.25, -0.2) is 0 Å². The van der Waals surface area contributed by atoms with Gasteiger partial charge in [0.2, 0.25) is 0 Å². The lowest BCUT2D eigenvalue weighted by Crippen LogP contribution is -2.68. The van der Waals surface area contributed by atoms with E-state index in [9.17, 15) is 24.0 Å². The molecule has 0 amide bonds. The summed E-state index contributed by atoms with van der Waals surface area (Å²) in [6.45, 7) is 12.1. The SMILES string of the molecule is CC(=O)OC[C@H]1O[C@@H](OCC[Si](C)(C)C)[C@H](OC(C)=O)[C@@H](OC(C)=O)[C@@H]1O[C@@H]1O[C@@H]2COC(c3ccccc3)O[C@@H]2[C@H](OC(C)=O)[C@H]1OC(C)=O. The Hall–Kier alpha value is -3.45. The standard InChI is InChI=1S/C34H48O16Si/c1-18(35)41-16-24-27(28(43-19(2)36)30(45-21(4)38)33(47-24)40-14-15-51(6,7)8)50-34-31(46-22(5)39)29(44-20(3)37)26-25(48-34)17-42-32(49-26)23-12-10-9-11-13-23/h9-13,24-34H,14-17H2,1-8H3/t24-,25-,26+,27-,28+,29+,30-,31-,32?,33-,34+/m1/s1. The maximum atomic E-state index is 12.6. The second kappa shape index (κ2) is 17.9. The Kier molecular flexibility index (Phi) is 14.1. The summed E-state index contributed by atoms with van der Waals surface area (Å²) in [5, 5.41) is 0. The van der Waals surface area contributed by atoms with Gasteiger partial charge in [0, 0.05) is 54.9 Å². The average Bonchev–Trinajstić information content (AvgIpc) is 3.03. The van der Waals surface area contributed by atoms with Crippen molar-refractivity contribution in [2.45, 2.75) is 128 Å². The minimum absolute atomic E-state index is 0.0524. The summed E-state index contributed by atoms with van der Waals surface area (Å²) < 4.78 is 65.3. The number of hydrogen-bond acceptors (Lipinski definition) is 16. The van der Waals surface area contributed by atoms with Crippen LogP contribution in [0.2, 0.25) is 25.7 Å². The normalized spacial score (nSPS) is 32.1. The monoisotopic (exact) mass is 740 g/mol. The zero-order chi connectivity index (χ0) is 37.5. The first-order chi connectivity index (χ1) is 24.0. The van der Waals surface area contributed by atoms with Gasteiger partial charge in [-0.05, 0) is 6.04 Å². The fourth-order valence-electron chi connectivity index (χ4n) is 5.87. The van der Waals surface area contributed by atoms with Gasteiger partial charge in [-0.15, -0.1) is 0 Å². The molecule has 284 valence electrons. The van der Waals surface area contributed by atoms with Crippen molar-refractivity contribution in [1.82, 2.24) is 0 Å². The van der Waals surface area contributed by atoms with E-state index >= 15 is 0 Å². The van der Waals surface area contributed by atoms with Gasteiger partial charge in [-0.3, -0.25) is 24.0 Å². The van der Waals surface area contributed by atoms with Gasteiger partial charge in [0.1, 0.15) is 31.0 Å². The molecule has 1 aromatic carbocycles. The van der Waals surface area contributed by atoms with Gasteiger partial charge < -0.3 is 52.1 Å². The molecule has 0 saturated carbocycles. The average molecular weight is 741 g/mol. The summed E-state index contributed by atoms with van der Waals surface area (Å²) in [5.41, 5.74) is 0.690. The number of rotatable bonds is 13. The van der Waals surface area contributed by atoms with Crippen molar-refractivity contribution in [2.75, 3.05) is 19.8 Å². The lowest BCUT2D eigenvalue weighted by Gasteiger charge is -2.50. The Morgan fingerprint density at radius 2 is 1.25 bits per heavy atom. The van der Waals surface area contributed by atoms with Crippen LogP contribution in [-0.2, 0) is 76.1 Å². The fraction of sp³-hybridized carbons (Fsp3) is 0.676. The van der Waals surface area contributed by atoms with Gasteiger partial charge in [-0.2, -0.15) is 0 Å². The van der Waals surface area contributed by atoms with Crippen LogP contribution in [0, 0.1) is 0 Å². The molecule has 1 aromatic rings. The molecule has 0 bridgehead atoms. The van der Waals surface area contributed by atoms with Crippen molar-refractivity contribution >= 4 is 37.9 Å². The summed E-state index contributed by atoms with van der Waals surface area (Å²) >= 11 is 0. The van der Waals surface area contributed by atoms with Crippen molar-refractivity contribution in [1.29, 1.82) is 0 Å². The van der Waals surface area contributed by atoms with Gasteiger partial charge in [0.15, 0.2) is 43.3 Å². The zero-order valence-corrected chi connectivity index (χ0v) is 31.1. The number of fused-ring (bicyclic) bond motifs is 1. The van der Waals surface area contributed by atoms with E-state index in [1.54, 1.807) is 12.1 Å². The largest absolute Gasteiger partial charge is 0.463 e. The van der Waals surface area contributed by atoms with Crippen LogP contribution in [0.15, 0.2) is 30.3 Å². The molecule has 0 spiro atoms. The smallest absolute Gasteiger partial charge is 0.303 e. The molecular formula is C34H48O16Si. The molecule has 3 aliphatic rings. The molecule has 11 atom stereocenters. The Morgan fingerprint density at radius 1 is 0.686 bits per heavy atom. The minimum atomic E-state index is -1.59. The Bertz CT molecular complexity index is 1370. The topological polar surface area (TPSA) is 187 Å². The minimum Gasteiger partial charge on any atom is -0.463 e. The van der Waals surface area contributed by atoms with E-state index in [1.807, 2.05) is 18.2 Å². The van der Waals surface area contributed by atoms with E-state index in [-0.39, 0.29) is 13.2 Å². The summed E-state index contributed by atoms with van der Waals surface area (Å²) in [7, 11) is -1.59. The molecule has 3 heterocycles. The first kappa shape index (κ1) is 40.3. The Labute approximate surface area is 297 Å². The molecule has 1 unspecified atom stereocenters. The molecule has 3 saturated heterocycles. The number of ether oxygens (including phenoxy) is 11.